The van der Waals surface area contributed by atoms with Crippen LogP contribution in [0.2, 0.25) is 0 Å². The number of nitrogens with zero attached hydrogens (tertiary/aromatic N) is 4. The first-order chi connectivity index (χ1) is 16.8. The first-order valence-corrected chi connectivity index (χ1v) is 13.1. The Morgan fingerprint density at radius 2 is 1.74 bits per heavy atom. The van der Waals surface area contributed by atoms with Gasteiger partial charge in [0.1, 0.15) is 5.75 Å². The molecule has 8 heteroatoms. The van der Waals surface area contributed by atoms with Gasteiger partial charge in [0.05, 0.1) is 7.11 Å². The molecule has 2 aliphatic heterocycles. The molecule has 2 aliphatic rings. The molecule has 2 saturated heterocycles. The molecule has 0 radical (unpaired) electrons. The third-order valence-corrected chi connectivity index (χ3v) is 7.93. The number of fused-ring (bicyclic) bond motifs is 1. The van der Waals surface area contributed by atoms with E-state index < -0.39 is 0 Å². The van der Waals surface area contributed by atoms with Gasteiger partial charge in [0, 0.05) is 60.4 Å². The summed E-state index contributed by atoms with van der Waals surface area (Å²) < 4.78 is 6.34. The number of ether oxygens (including phenoxy) is 1. The molecule has 190 valence electrons. The van der Waals surface area contributed by atoms with Crippen molar-refractivity contribution in [2.75, 3.05) is 66.8 Å². The lowest BCUT2D eigenvalue weighted by atomic mass is 9.73. The maximum atomic E-state index is 13.5. The molecule has 1 N–H and O–H groups in total. The zero-order valence-electron chi connectivity index (χ0n) is 21.4. The molecular formula is C27H38BrN5O2. The van der Waals surface area contributed by atoms with E-state index >= 15 is 0 Å². The largest absolute Gasteiger partial charge is 0.497 e. The molecule has 0 saturated carbocycles. The second-order valence-corrected chi connectivity index (χ2v) is 11.1. The molecule has 35 heavy (non-hydrogen) atoms. The number of amides is 2. The number of carbonyl (C=O) groups is 1. The summed E-state index contributed by atoms with van der Waals surface area (Å²) >= 11 is 3.58. The van der Waals surface area contributed by atoms with Crippen molar-refractivity contribution in [2.45, 2.75) is 30.5 Å². The number of likely N-dealkylation sites (N-methyl/N-ethyl adjacent to an activating group) is 2. The monoisotopic (exact) mass is 543 g/mol. The fourth-order valence-electron chi connectivity index (χ4n) is 5.49. The minimum absolute atomic E-state index is 0.0468. The van der Waals surface area contributed by atoms with Crippen LogP contribution in [0.3, 0.4) is 0 Å². The standard InChI is InChI=1S/C27H38BrN5O2/c1-30(2)17-24-26(19-6-8-20(28)9-7-19)25-18-32(16-22(31(3)4)14-15-33(24)25)27(34)29-21-10-12-23(35-5)13-11-21/h6-13,22,24-26H,14-18H2,1-5H3,(H,29,34)/t22?,24-,25+,26+/m1/s1. The third kappa shape index (κ3) is 6.00. The van der Waals surface area contributed by atoms with Crippen LogP contribution < -0.4 is 10.1 Å². The van der Waals surface area contributed by atoms with E-state index in [1.54, 1.807) is 7.11 Å². The van der Waals surface area contributed by atoms with Gasteiger partial charge < -0.3 is 24.8 Å². The molecule has 7 nitrogen and oxygen atoms in total. The van der Waals surface area contributed by atoms with Gasteiger partial charge in [-0.3, -0.25) is 4.90 Å². The van der Waals surface area contributed by atoms with E-state index in [-0.39, 0.29) is 6.03 Å². The van der Waals surface area contributed by atoms with E-state index in [9.17, 15) is 4.79 Å². The fourth-order valence-corrected chi connectivity index (χ4v) is 5.76. The van der Waals surface area contributed by atoms with E-state index in [1.165, 1.54) is 5.56 Å². The summed E-state index contributed by atoms with van der Waals surface area (Å²) in [4.78, 5) is 22.7. The van der Waals surface area contributed by atoms with Crippen molar-refractivity contribution in [1.82, 2.24) is 19.6 Å². The quantitative estimate of drug-likeness (QED) is 0.596. The molecular weight excluding hydrogens is 506 g/mol. The maximum Gasteiger partial charge on any atom is 0.321 e. The molecule has 2 amide bonds. The Morgan fingerprint density at radius 3 is 2.34 bits per heavy atom. The van der Waals surface area contributed by atoms with Crippen LogP contribution in [0, 0.1) is 0 Å². The van der Waals surface area contributed by atoms with Crippen molar-refractivity contribution in [1.29, 1.82) is 0 Å². The van der Waals surface area contributed by atoms with Crippen molar-refractivity contribution >= 4 is 27.6 Å². The molecule has 2 fully saturated rings. The van der Waals surface area contributed by atoms with Crippen molar-refractivity contribution in [2.24, 2.45) is 0 Å². The molecule has 4 atom stereocenters. The summed E-state index contributed by atoms with van der Waals surface area (Å²) in [5.74, 6) is 1.16. The molecule has 2 aromatic rings. The third-order valence-electron chi connectivity index (χ3n) is 7.41. The molecule has 2 aromatic carbocycles. The number of nitrogens with one attached hydrogen (secondary N) is 1. The van der Waals surface area contributed by atoms with Crippen LogP contribution in [0.4, 0.5) is 10.5 Å². The predicted octanol–water partition coefficient (Wildman–Crippen LogP) is 4.02. The van der Waals surface area contributed by atoms with E-state index in [2.05, 4.69) is 88.4 Å². The van der Waals surface area contributed by atoms with Crippen LogP contribution in [0.15, 0.2) is 53.0 Å². The Morgan fingerprint density at radius 1 is 1.06 bits per heavy atom. The smallest absolute Gasteiger partial charge is 0.321 e. The molecule has 0 bridgehead atoms. The summed E-state index contributed by atoms with van der Waals surface area (Å²) in [6, 6.07) is 17.2. The second-order valence-electron chi connectivity index (χ2n) is 10.2. The Kier molecular flexibility index (Phi) is 8.37. The highest BCUT2D eigenvalue weighted by Gasteiger charge is 2.50. The molecule has 0 aromatic heterocycles. The lowest BCUT2D eigenvalue weighted by Crippen LogP contribution is -2.70. The van der Waals surface area contributed by atoms with Gasteiger partial charge in [0.2, 0.25) is 0 Å². The number of carbonyl (C=O) groups excluding carboxylic acids is 1. The SMILES string of the molecule is COc1ccc(NC(=O)N2CC(N(C)C)CCN3[C@H](CN(C)C)[C@H](c4ccc(Br)cc4)[C@@H]3C2)cc1. The molecule has 0 aliphatic carbocycles. The molecule has 0 spiro atoms. The summed E-state index contributed by atoms with van der Waals surface area (Å²) in [5.41, 5.74) is 2.13. The number of halogens is 1. The Labute approximate surface area is 218 Å². The van der Waals surface area contributed by atoms with Gasteiger partial charge in [0.25, 0.3) is 0 Å². The number of anilines is 1. The Balaban J connectivity index is 1.59. The number of rotatable bonds is 6. The minimum atomic E-state index is -0.0468. The highest BCUT2D eigenvalue weighted by molar-refractivity contribution is 9.10. The normalized spacial score (nSPS) is 25.0. The van der Waals surface area contributed by atoms with E-state index in [1.807, 2.05) is 29.2 Å². The van der Waals surface area contributed by atoms with Crippen molar-refractivity contribution < 1.29 is 9.53 Å². The van der Waals surface area contributed by atoms with Gasteiger partial charge >= 0.3 is 6.03 Å². The summed E-state index contributed by atoms with van der Waals surface area (Å²) in [6.07, 6.45) is 1.03. The Hall–Kier alpha value is -2.13. The van der Waals surface area contributed by atoms with Crippen LogP contribution in [0.1, 0.15) is 17.9 Å². The zero-order chi connectivity index (χ0) is 25.1. The van der Waals surface area contributed by atoms with Crippen molar-refractivity contribution in [3.05, 3.63) is 58.6 Å². The van der Waals surface area contributed by atoms with Gasteiger partial charge in [-0.05, 0) is 76.6 Å². The van der Waals surface area contributed by atoms with E-state index in [0.717, 1.165) is 35.4 Å². The van der Waals surface area contributed by atoms with Crippen LogP contribution in [-0.4, -0.2) is 105 Å². The topological polar surface area (TPSA) is 51.3 Å². The van der Waals surface area contributed by atoms with E-state index in [0.29, 0.717) is 37.1 Å². The summed E-state index contributed by atoms with van der Waals surface area (Å²) in [6.45, 7) is 3.47. The molecule has 4 rings (SSSR count). The van der Waals surface area contributed by atoms with E-state index in [4.69, 9.17) is 4.74 Å². The van der Waals surface area contributed by atoms with Crippen molar-refractivity contribution in [3.8, 4) is 5.75 Å². The predicted molar refractivity (Wildman–Crippen MR) is 145 cm³/mol. The zero-order valence-corrected chi connectivity index (χ0v) is 23.0. The number of hydrogen-bond donors (Lipinski definition) is 1. The molecule has 1 unspecified atom stereocenters. The first-order valence-electron chi connectivity index (χ1n) is 12.3. The van der Waals surface area contributed by atoms with Gasteiger partial charge in [-0.15, -0.1) is 0 Å². The highest BCUT2D eigenvalue weighted by Crippen LogP contribution is 2.43. The van der Waals surface area contributed by atoms with Gasteiger partial charge in [0.15, 0.2) is 0 Å². The summed E-state index contributed by atoms with van der Waals surface area (Å²) in [7, 11) is 10.2. The van der Waals surface area contributed by atoms with Gasteiger partial charge in [-0.2, -0.15) is 0 Å². The van der Waals surface area contributed by atoms with Crippen LogP contribution in [0.5, 0.6) is 5.75 Å². The number of benzene rings is 2. The average molecular weight is 545 g/mol. The highest BCUT2D eigenvalue weighted by atomic mass is 79.9. The first kappa shape index (κ1) is 25.9. The lowest BCUT2D eigenvalue weighted by molar-refractivity contribution is -0.0528. The molecule has 2 heterocycles. The minimum Gasteiger partial charge on any atom is -0.497 e. The fraction of sp³-hybridized carbons (Fsp3) is 0.519. The van der Waals surface area contributed by atoms with Crippen LogP contribution >= 0.6 is 15.9 Å². The Bertz CT molecular complexity index is 982. The van der Waals surface area contributed by atoms with Gasteiger partial charge in [-0.1, -0.05) is 28.1 Å². The van der Waals surface area contributed by atoms with Crippen LogP contribution in [-0.2, 0) is 0 Å². The summed E-state index contributed by atoms with van der Waals surface area (Å²) in [5, 5.41) is 3.12. The van der Waals surface area contributed by atoms with Gasteiger partial charge in [-0.25, -0.2) is 4.79 Å². The maximum absolute atomic E-state index is 13.5. The van der Waals surface area contributed by atoms with Crippen molar-refractivity contribution in [3.63, 3.8) is 0 Å². The van der Waals surface area contributed by atoms with Crippen LogP contribution in [0.25, 0.3) is 0 Å². The lowest BCUT2D eigenvalue weighted by Gasteiger charge is -2.59. The second kappa shape index (κ2) is 11.3. The number of methoxy groups -OCH3 is 1. The number of urea groups is 1. The number of hydrogen-bond acceptors (Lipinski definition) is 5. The average Bonchev–Trinajstić information content (AvgIpc) is 2.81.